The van der Waals surface area contributed by atoms with Crippen molar-refractivity contribution < 1.29 is 4.79 Å². The first-order chi connectivity index (χ1) is 7.79. The molecule has 0 saturated heterocycles. The van der Waals surface area contributed by atoms with Crippen LogP contribution >= 0.6 is 11.8 Å². The van der Waals surface area contributed by atoms with Crippen molar-refractivity contribution in [2.45, 2.75) is 6.42 Å². The number of aliphatic imine (C=N–C) groups is 1. The molecule has 2 rings (SSSR count). The molecule has 0 spiro atoms. The molecular formula is C12H8N2OS. The Labute approximate surface area is 97.5 Å². The van der Waals surface area contributed by atoms with E-state index in [0.29, 0.717) is 9.95 Å². The molecule has 1 aliphatic heterocycles. The summed E-state index contributed by atoms with van der Waals surface area (Å²) in [4.78, 5) is 15.9. The van der Waals surface area contributed by atoms with Crippen LogP contribution in [-0.4, -0.2) is 11.0 Å². The largest absolute Gasteiger partial charge is 0.284 e. The van der Waals surface area contributed by atoms with Crippen molar-refractivity contribution >= 4 is 28.8 Å². The van der Waals surface area contributed by atoms with Crippen molar-refractivity contribution in [3.63, 3.8) is 0 Å². The van der Waals surface area contributed by atoms with E-state index in [4.69, 9.17) is 5.26 Å². The van der Waals surface area contributed by atoms with Gasteiger partial charge in [-0.1, -0.05) is 42.1 Å². The number of amides is 1. The van der Waals surface area contributed by atoms with Crippen LogP contribution in [0.15, 0.2) is 40.2 Å². The molecule has 0 atom stereocenters. The van der Waals surface area contributed by atoms with Crippen molar-refractivity contribution in [2.24, 2.45) is 4.99 Å². The first-order valence-corrected chi connectivity index (χ1v) is 5.54. The molecular weight excluding hydrogens is 220 g/mol. The predicted molar refractivity (Wildman–Crippen MR) is 64.7 cm³/mol. The molecule has 1 aliphatic rings. The van der Waals surface area contributed by atoms with Crippen LogP contribution in [0.2, 0.25) is 0 Å². The lowest BCUT2D eigenvalue weighted by Crippen LogP contribution is -1.87. The van der Waals surface area contributed by atoms with Gasteiger partial charge in [0.25, 0.3) is 5.91 Å². The minimum absolute atomic E-state index is 0.197. The number of hydrogen-bond acceptors (Lipinski definition) is 3. The Morgan fingerprint density at radius 1 is 1.38 bits per heavy atom. The summed E-state index contributed by atoms with van der Waals surface area (Å²) in [5.74, 6) is -0.251. The molecule has 1 heterocycles. The number of nitriles is 1. The Balaban J connectivity index is 2.18. The highest BCUT2D eigenvalue weighted by Gasteiger charge is 2.20. The van der Waals surface area contributed by atoms with Crippen LogP contribution in [0, 0.1) is 11.3 Å². The van der Waals surface area contributed by atoms with Crippen LogP contribution in [-0.2, 0) is 4.79 Å². The Morgan fingerprint density at radius 2 is 2.12 bits per heavy atom. The Morgan fingerprint density at radius 3 is 2.81 bits per heavy atom. The number of carbonyl (C=O) groups excluding carboxylic acids is 1. The smallest absolute Gasteiger partial charge is 0.266 e. The van der Waals surface area contributed by atoms with E-state index in [2.05, 4.69) is 4.99 Å². The summed E-state index contributed by atoms with van der Waals surface area (Å²) in [6.07, 6.45) is 1.99. The lowest BCUT2D eigenvalue weighted by molar-refractivity contribution is -0.113. The fourth-order valence-electron chi connectivity index (χ4n) is 1.30. The molecule has 3 nitrogen and oxygen atoms in total. The first kappa shape index (κ1) is 10.7. The monoisotopic (exact) mass is 228 g/mol. The van der Waals surface area contributed by atoms with Gasteiger partial charge in [-0.3, -0.25) is 4.79 Å². The van der Waals surface area contributed by atoms with Gasteiger partial charge in [0.05, 0.1) is 22.4 Å². The average molecular weight is 228 g/mol. The normalized spacial score (nSPS) is 17.3. The summed E-state index contributed by atoms with van der Waals surface area (Å²) < 4.78 is 0. The SMILES string of the molecule is N#CCC1=NC(=O)/C(=C/c2ccccc2)S1. The number of thioether (sulfide) groups is 1. The second-order valence-corrected chi connectivity index (χ2v) is 4.28. The van der Waals surface area contributed by atoms with E-state index in [-0.39, 0.29) is 12.3 Å². The molecule has 4 heteroatoms. The summed E-state index contributed by atoms with van der Waals surface area (Å²) in [6, 6.07) is 11.6. The van der Waals surface area contributed by atoms with Crippen molar-refractivity contribution in [2.75, 3.05) is 0 Å². The van der Waals surface area contributed by atoms with E-state index in [1.165, 1.54) is 11.8 Å². The average Bonchev–Trinajstić information content (AvgIpc) is 2.61. The predicted octanol–water partition coefficient (Wildman–Crippen LogP) is 2.61. The van der Waals surface area contributed by atoms with E-state index in [1.54, 1.807) is 6.08 Å². The Bertz CT molecular complexity index is 512. The third-order valence-corrected chi connectivity index (χ3v) is 2.98. The van der Waals surface area contributed by atoms with Gasteiger partial charge in [-0.2, -0.15) is 5.26 Å². The topological polar surface area (TPSA) is 53.2 Å². The van der Waals surface area contributed by atoms with E-state index in [9.17, 15) is 4.79 Å². The van der Waals surface area contributed by atoms with Crippen LogP contribution in [0.5, 0.6) is 0 Å². The molecule has 1 aromatic rings. The highest BCUT2D eigenvalue weighted by Crippen LogP contribution is 2.29. The van der Waals surface area contributed by atoms with E-state index in [1.807, 2.05) is 36.4 Å². The summed E-state index contributed by atoms with van der Waals surface area (Å²) in [6.45, 7) is 0. The second kappa shape index (κ2) is 4.77. The molecule has 78 valence electrons. The van der Waals surface area contributed by atoms with Gasteiger partial charge in [-0.15, -0.1) is 0 Å². The molecule has 16 heavy (non-hydrogen) atoms. The Hall–Kier alpha value is -1.86. The maximum Gasteiger partial charge on any atom is 0.284 e. The van der Waals surface area contributed by atoms with E-state index < -0.39 is 0 Å². The number of rotatable bonds is 2. The molecule has 0 bridgehead atoms. The number of benzene rings is 1. The van der Waals surface area contributed by atoms with Gasteiger partial charge in [0.1, 0.15) is 0 Å². The van der Waals surface area contributed by atoms with Gasteiger partial charge in [0.2, 0.25) is 0 Å². The van der Waals surface area contributed by atoms with Crippen molar-refractivity contribution in [3.8, 4) is 6.07 Å². The number of carbonyl (C=O) groups is 1. The third-order valence-electron chi connectivity index (χ3n) is 1.99. The molecule has 0 aromatic heterocycles. The van der Waals surface area contributed by atoms with Crippen LogP contribution in [0.1, 0.15) is 12.0 Å². The summed E-state index contributed by atoms with van der Waals surface area (Å²) in [7, 11) is 0. The maximum atomic E-state index is 11.5. The van der Waals surface area contributed by atoms with Crippen molar-refractivity contribution in [3.05, 3.63) is 40.8 Å². The van der Waals surface area contributed by atoms with Crippen molar-refractivity contribution in [1.82, 2.24) is 0 Å². The van der Waals surface area contributed by atoms with Gasteiger partial charge in [-0.05, 0) is 11.6 Å². The van der Waals surface area contributed by atoms with Gasteiger partial charge < -0.3 is 0 Å². The molecule has 1 aromatic carbocycles. The quantitative estimate of drug-likeness (QED) is 0.731. The molecule has 0 unspecified atom stereocenters. The molecule has 1 amide bonds. The van der Waals surface area contributed by atoms with Crippen LogP contribution in [0.3, 0.4) is 0 Å². The van der Waals surface area contributed by atoms with E-state index >= 15 is 0 Å². The summed E-state index contributed by atoms with van der Waals surface area (Å²) in [5.41, 5.74) is 0.965. The third kappa shape index (κ3) is 2.38. The lowest BCUT2D eigenvalue weighted by atomic mass is 10.2. The van der Waals surface area contributed by atoms with Gasteiger partial charge in [0, 0.05) is 0 Å². The summed E-state index contributed by atoms with van der Waals surface area (Å²) in [5, 5.41) is 9.09. The molecule has 0 radical (unpaired) electrons. The molecule has 0 saturated carbocycles. The van der Waals surface area contributed by atoms with E-state index in [0.717, 1.165) is 5.56 Å². The Kier molecular flexibility index (Phi) is 3.18. The van der Waals surface area contributed by atoms with Crippen LogP contribution < -0.4 is 0 Å². The lowest BCUT2D eigenvalue weighted by Gasteiger charge is -1.94. The van der Waals surface area contributed by atoms with Gasteiger partial charge in [0.15, 0.2) is 0 Å². The van der Waals surface area contributed by atoms with Gasteiger partial charge in [-0.25, -0.2) is 4.99 Å². The van der Waals surface area contributed by atoms with Crippen LogP contribution in [0.25, 0.3) is 6.08 Å². The first-order valence-electron chi connectivity index (χ1n) is 4.73. The molecule has 0 fully saturated rings. The fraction of sp³-hybridized carbons (Fsp3) is 0.0833. The highest BCUT2D eigenvalue weighted by atomic mass is 32.2. The number of nitrogens with zero attached hydrogens (tertiary/aromatic N) is 2. The zero-order valence-electron chi connectivity index (χ0n) is 8.38. The maximum absolute atomic E-state index is 11.5. The second-order valence-electron chi connectivity index (χ2n) is 3.17. The highest BCUT2D eigenvalue weighted by molar-refractivity contribution is 8.18. The van der Waals surface area contributed by atoms with Gasteiger partial charge >= 0.3 is 0 Å². The molecule has 0 N–H and O–H groups in total. The zero-order chi connectivity index (χ0) is 11.4. The minimum Gasteiger partial charge on any atom is -0.266 e. The summed E-state index contributed by atoms with van der Waals surface area (Å²) >= 11 is 1.28. The minimum atomic E-state index is -0.251. The number of hydrogen-bond donors (Lipinski definition) is 0. The molecule has 0 aliphatic carbocycles. The van der Waals surface area contributed by atoms with Crippen molar-refractivity contribution in [1.29, 1.82) is 5.26 Å². The van der Waals surface area contributed by atoms with Crippen LogP contribution in [0.4, 0.5) is 0 Å². The standard InChI is InChI=1S/C12H8N2OS/c13-7-6-11-14-12(15)10(16-11)8-9-4-2-1-3-5-9/h1-5,8H,6H2/b10-8-. The fourth-order valence-corrected chi connectivity index (χ4v) is 2.14. The zero-order valence-corrected chi connectivity index (χ0v) is 9.20.